The van der Waals surface area contributed by atoms with Gasteiger partial charge >= 0.3 is 12.0 Å². The molecule has 1 heterocycles. The molecule has 0 radical (unpaired) electrons. The van der Waals surface area contributed by atoms with Crippen molar-refractivity contribution in [2.45, 2.75) is 13.8 Å². The number of rotatable bonds is 2. The third-order valence-corrected chi connectivity index (χ3v) is 3.90. The SMILES string of the molecule is Cc1ccc(NC(=O)N2C[C@@H](C)[C@H](C(=O)O)C2)c(Cl)c1. The van der Waals surface area contributed by atoms with Crippen molar-refractivity contribution in [3.05, 3.63) is 28.8 Å². The molecule has 1 aliphatic heterocycles. The van der Waals surface area contributed by atoms with Crippen LogP contribution in [0.2, 0.25) is 5.02 Å². The fraction of sp³-hybridized carbons (Fsp3) is 0.429. The zero-order valence-electron chi connectivity index (χ0n) is 11.4. The van der Waals surface area contributed by atoms with Crippen LogP contribution in [0, 0.1) is 18.8 Å². The standard InChI is InChI=1S/C14H17ClN2O3/c1-8-3-4-12(11(15)5-8)16-14(20)17-6-9(2)10(7-17)13(18)19/h3-5,9-10H,6-7H2,1-2H3,(H,16,20)(H,18,19)/t9-,10-/m1/s1. The number of amides is 2. The van der Waals surface area contributed by atoms with E-state index in [4.69, 9.17) is 16.7 Å². The van der Waals surface area contributed by atoms with Gasteiger partial charge in [-0.3, -0.25) is 4.79 Å². The summed E-state index contributed by atoms with van der Waals surface area (Å²) < 4.78 is 0. The molecule has 0 spiro atoms. The number of aryl methyl sites for hydroxylation is 1. The molecule has 1 aliphatic rings. The first-order valence-corrected chi connectivity index (χ1v) is 6.81. The molecule has 0 bridgehead atoms. The van der Waals surface area contributed by atoms with Crippen LogP contribution in [0.15, 0.2) is 18.2 Å². The van der Waals surface area contributed by atoms with Gasteiger partial charge in [0.05, 0.1) is 16.6 Å². The number of anilines is 1. The van der Waals surface area contributed by atoms with Gasteiger partial charge in [-0.1, -0.05) is 24.6 Å². The smallest absolute Gasteiger partial charge is 0.321 e. The van der Waals surface area contributed by atoms with Crippen LogP contribution < -0.4 is 5.32 Å². The highest BCUT2D eigenvalue weighted by atomic mass is 35.5. The number of hydrogen-bond acceptors (Lipinski definition) is 2. The number of halogens is 1. The largest absolute Gasteiger partial charge is 0.481 e. The third-order valence-electron chi connectivity index (χ3n) is 3.58. The highest BCUT2D eigenvalue weighted by molar-refractivity contribution is 6.33. The number of likely N-dealkylation sites (tertiary alicyclic amines) is 1. The Hall–Kier alpha value is -1.75. The van der Waals surface area contributed by atoms with Crippen LogP contribution in [0.3, 0.4) is 0 Å². The van der Waals surface area contributed by atoms with Gasteiger partial charge in [0.1, 0.15) is 0 Å². The van der Waals surface area contributed by atoms with Crippen molar-refractivity contribution in [1.29, 1.82) is 0 Å². The quantitative estimate of drug-likeness (QED) is 0.881. The summed E-state index contributed by atoms with van der Waals surface area (Å²) in [7, 11) is 0. The summed E-state index contributed by atoms with van der Waals surface area (Å²) in [5.41, 5.74) is 1.54. The Morgan fingerprint density at radius 3 is 2.65 bits per heavy atom. The average Bonchev–Trinajstić information content (AvgIpc) is 2.75. The van der Waals surface area contributed by atoms with Crippen LogP contribution in [0.1, 0.15) is 12.5 Å². The number of nitrogens with one attached hydrogen (secondary N) is 1. The van der Waals surface area contributed by atoms with Gasteiger partial charge in [-0.2, -0.15) is 0 Å². The summed E-state index contributed by atoms with van der Waals surface area (Å²) in [5, 5.41) is 12.3. The fourth-order valence-corrected chi connectivity index (χ4v) is 2.65. The van der Waals surface area contributed by atoms with Crippen molar-refractivity contribution in [3.8, 4) is 0 Å². The molecule has 0 aromatic heterocycles. The van der Waals surface area contributed by atoms with E-state index in [9.17, 15) is 9.59 Å². The lowest BCUT2D eigenvalue weighted by Gasteiger charge is -2.17. The molecule has 0 saturated carbocycles. The molecule has 1 aromatic carbocycles. The van der Waals surface area contributed by atoms with Gasteiger partial charge in [-0.15, -0.1) is 0 Å². The molecule has 2 atom stereocenters. The Labute approximate surface area is 122 Å². The first-order chi connectivity index (χ1) is 9.38. The summed E-state index contributed by atoms with van der Waals surface area (Å²) >= 11 is 6.06. The van der Waals surface area contributed by atoms with E-state index >= 15 is 0 Å². The van der Waals surface area contributed by atoms with E-state index in [2.05, 4.69) is 5.32 Å². The molecule has 20 heavy (non-hydrogen) atoms. The molecule has 6 heteroatoms. The van der Waals surface area contributed by atoms with E-state index in [1.807, 2.05) is 19.9 Å². The molecule has 2 amide bonds. The zero-order chi connectivity index (χ0) is 14.9. The molecular weight excluding hydrogens is 280 g/mol. The Morgan fingerprint density at radius 2 is 2.10 bits per heavy atom. The maximum Gasteiger partial charge on any atom is 0.321 e. The summed E-state index contributed by atoms with van der Waals surface area (Å²) in [6.45, 7) is 4.42. The lowest BCUT2D eigenvalue weighted by Crippen LogP contribution is -2.33. The molecule has 108 valence electrons. The van der Waals surface area contributed by atoms with Gasteiger partial charge in [-0.25, -0.2) is 4.79 Å². The fourth-order valence-electron chi connectivity index (χ4n) is 2.37. The minimum absolute atomic E-state index is 0.0493. The van der Waals surface area contributed by atoms with Crippen LogP contribution in [-0.2, 0) is 4.79 Å². The number of hydrogen-bond donors (Lipinski definition) is 2. The summed E-state index contributed by atoms with van der Waals surface area (Å²) in [6.07, 6.45) is 0. The van der Waals surface area contributed by atoms with Gasteiger partial charge in [0.2, 0.25) is 0 Å². The summed E-state index contributed by atoms with van der Waals surface area (Å²) in [5.74, 6) is -1.41. The third kappa shape index (κ3) is 3.04. The molecule has 2 rings (SSSR count). The number of carbonyl (C=O) groups is 2. The van der Waals surface area contributed by atoms with E-state index in [1.165, 1.54) is 4.90 Å². The van der Waals surface area contributed by atoms with Crippen molar-refractivity contribution in [2.24, 2.45) is 11.8 Å². The summed E-state index contributed by atoms with van der Waals surface area (Å²) in [4.78, 5) is 24.7. The van der Waals surface area contributed by atoms with E-state index in [0.29, 0.717) is 17.3 Å². The molecule has 0 unspecified atom stereocenters. The van der Waals surface area contributed by atoms with Crippen LogP contribution in [0.4, 0.5) is 10.5 Å². The lowest BCUT2D eigenvalue weighted by atomic mass is 9.99. The second-order valence-electron chi connectivity index (χ2n) is 5.24. The second-order valence-corrected chi connectivity index (χ2v) is 5.65. The maximum absolute atomic E-state index is 12.1. The number of carboxylic acid groups (broad SMARTS) is 1. The lowest BCUT2D eigenvalue weighted by molar-refractivity contribution is -0.142. The Balaban J connectivity index is 2.04. The summed E-state index contributed by atoms with van der Waals surface area (Å²) in [6, 6.07) is 5.05. The number of nitrogens with zero attached hydrogens (tertiary/aromatic N) is 1. The molecule has 1 aromatic rings. The molecule has 2 N–H and O–H groups in total. The normalized spacial score (nSPS) is 21.9. The van der Waals surface area contributed by atoms with E-state index in [-0.39, 0.29) is 18.5 Å². The van der Waals surface area contributed by atoms with E-state index in [0.717, 1.165) is 5.56 Å². The van der Waals surface area contributed by atoms with Crippen LogP contribution in [0.25, 0.3) is 0 Å². The highest BCUT2D eigenvalue weighted by Gasteiger charge is 2.37. The van der Waals surface area contributed by atoms with Gasteiger partial charge in [0, 0.05) is 13.1 Å². The van der Waals surface area contributed by atoms with Crippen molar-refractivity contribution in [1.82, 2.24) is 4.90 Å². The van der Waals surface area contributed by atoms with Crippen LogP contribution in [0.5, 0.6) is 0 Å². The number of benzene rings is 1. The number of urea groups is 1. The predicted octanol–water partition coefficient (Wildman–Crippen LogP) is 2.83. The molecule has 1 fully saturated rings. The van der Waals surface area contributed by atoms with E-state index < -0.39 is 11.9 Å². The molecule has 5 nitrogen and oxygen atoms in total. The van der Waals surface area contributed by atoms with Crippen molar-refractivity contribution in [2.75, 3.05) is 18.4 Å². The molecular formula is C14H17ClN2O3. The van der Waals surface area contributed by atoms with Crippen LogP contribution >= 0.6 is 11.6 Å². The minimum Gasteiger partial charge on any atom is -0.481 e. The van der Waals surface area contributed by atoms with Crippen LogP contribution in [-0.4, -0.2) is 35.1 Å². The van der Waals surface area contributed by atoms with E-state index in [1.54, 1.807) is 12.1 Å². The first-order valence-electron chi connectivity index (χ1n) is 6.43. The van der Waals surface area contributed by atoms with Crippen molar-refractivity contribution in [3.63, 3.8) is 0 Å². The van der Waals surface area contributed by atoms with Crippen molar-refractivity contribution < 1.29 is 14.7 Å². The zero-order valence-corrected chi connectivity index (χ0v) is 12.1. The Kier molecular flexibility index (Phi) is 4.18. The Morgan fingerprint density at radius 1 is 1.40 bits per heavy atom. The monoisotopic (exact) mass is 296 g/mol. The Bertz CT molecular complexity index is 547. The highest BCUT2D eigenvalue weighted by Crippen LogP contribution is 2.26. The molecule has 1 saturated heterocycles. The topological polar surface area (TPSA) is 69.6 Å². The van der Waals surface area contributed by atoms with Gasteiger partial charge in [0.25, 0.3) is 0 Å². The minimum atomic E-state index is -0.860. The number of aliphatic carboxylic acids is 1. The maximum atomic E-state index is 12.1. The number of carbonyl (C=O) groups excluding carboxylic acids is 1. The first kappa shape index (κ1) is 14.7. The second kappa shape index (κ2) is 5.71. The average molecular weight is 297 g/mol. The van der Waals surface area contributed by atoms with Gasteiger partial charge < -0.3 is 15.3 Å². The predicted molar refractivity (Wildman–Crippen MR) is 77.1 cm³/mol. The van der Waals surface area contributed by atoms with Gasteiger partial charge in [0.15, 0.2) is 0 Å². The number of carboxylic acids is 1. The molecule has 0 aliphatic carbocycles. The van der Waals surface area contributed by atoms with Gasteiger partial charge in [-0.05, 0) is 30.5 Å². The van der Waals surface area contributed by atoms with Crippen molar-refractivity contribution >= 4 is 29.3 Å².